The van der Waals surface area contributed by atoms with Gasteiger partial charge in [0.1, 0.15) is 10.7 Å². The molecule has 6 nitrogen and oxygen atoms in total. The monoisotopic (exact) mass is 395 g/mol. The van der Waals surface area contributed by atoms with Gasteiger partial charge in [0.15, 0.2) is 0 Å². The summed E-state index contributed by atoms with van der Waals surface area (Å²) in [7, 11) is 0. The lowest BCUT2D eigenvalue weighted by molar-refractivity contribution is 0.102. The van der Waals surface area contributed by atoms with E-state index < -0.39 is 0 Å². The predicted molar refractivity (Wildman–Crippen MR) is 104 cm³/mol. The Hall–Kier alpha value is -1.87. The van der Waals surface area contributed by atoms with Gasteiger partial charge in [-0.05, 0) is 19.0 Å². The summed E-state index contributed by atoms with van der Waals surface area (Å²) in [5, 5.41) is 14.8. The number of carbonyl (C=O) groups excluding carboxylic acids is 1. The summed E-state index contributed by atoms with van der Waals surface area (Å²) in [5.41, 5.74) is 8.27. The number of anilines is 1. The van der Waals surface area contributed by atoms with E-state index in [0.29, 0.717) is 30.2 Å². The second-order valence-electron chi connectivity index (χ2n) is 5.28. The van der Waals surface area contributed by atoms with Crippen molar-refractivity contribution in [2.75, 3.05) is 11.9 Å². The van der Waals surface area contributed by atoms with Crippen LogP contribution in [0.15, 0.2) is 29.6 Å². The van der Waals surface area contributed by atoms with Crippen LogP contribution in [0.3, 0.4) is 0 Å². The van der Waals surface area contributed by atoms with Gasteiger partial charge < -0.3 is 5.73 Å². The number of thiazole rings is 1. The van der Waals surface area contributed by atoms with E-state index >= 15 is 0 Å². The molecule has 0 aliphatic carbocycles. The molecule has 0 atom stereocenters. The molecular weight excluding hydrogens is 378 g/mol. The first kappa shape index (κ1) is 19.5. The normalized spacial score (nSPS) is 10.3. The molecule has 0 radical (unpaired) electrons. The Labute approximate surface area is 159 Å². The minimum Gasteiger partial charge on any atom is -0.330 e. The first-order valence-electron chi connectivity index (χ1n) is 7.48. The molecule has 0 unspecified atom stereocenters. The van der Waals surface area contributed by atoms with Gasteiger partial charge in [0.05, 0.1) is 5.01 Å². The fourth-order valence-electron chi connectivity index (χ4n) is 2.07. The first-order chi connectivity index (χ1) is 11.6. The summed E-state index contributed by atoms with van der Waals surface area (Å²) >= 11 is 2.81. The fourth-order valence-corrected chi connectivity index (χ4v) is 3.63. The van der Waals surface area contributed by atoms with E-state index in [1.165, 1.54) is 33.8 Å². The van der Waals surface area contributed by atoms with E-state index in [1.54, 1.807) is 5.38 Å². The number of hydrogen-bond donors (Lipinski definition) is 2. The molecule has 1 aromatic carbocycles. The zero-order valence-corrected chi connectivity index (χ0v) is 16.0. The van der Waals surface area contributed by atoms with Gasteiger partial charge in [0.25, 0.3) is 5.91 Å². The smallest absolute Gasteiger partial charge is 0.276 e. The molecule has 2 heterocycles. The Morgan fingerprint density at radius 2 is 1.96 bits per heavy atom. The maximum absolute atomic E-state index is 12.2. The quantitative estimate of drug-likeness (QED) is 0.668. The van der Waals surface area contributed by atoms with Gasteiger partial charge in [-0.1, -0.05) is 41.2 Å². The molecule has 0 saturated heterocycles. The van der Waals surface area contributed by atoms with E-state index in [0.717, 1.165) is 10.0 Å². The van der Waals surface area contributed by atoms with E-state index in [-0.39, 0.29) is 18.3 Å². The molecule has 0 aliphatic rings. The number of halogens is 1. The van der Waals surface area contributed by atoms with Gasteiger partial charge in [-0.25, -0.2) is 4.98 Å². The molecule has 0 saturated carbocycles. The molecule has 3 N–H and O–H groups in total. The van der Waals surface area contributed by atoms with Crippen molar-refractivity contribution in [2.45, 2.75) is 19.8 Å². The van der Waals surface area contributed by atoms with Crippen LogP contribution in [-0.2, 0) is 12.8 Å². The van der Waals surface area contributed by atoms with Crippen molar-refractivity contribution in [3.63, 3.8) is 0 Å². The fraction of sp³-hybridized carbons (Fsp3) is 0.250. The summed E-state index contributed by atoms with van der Waals surface area (Å²) < 4.78 is 0. The Bertz CT molecular complexity index is 831. The first-order valence-corrected chi connectivity index (χ1v) is 9.17. The molecule has 3 aromatic rings. The number of rotatable bonds is 6. The molecule has 132 valence electrons. The van der Waals surface area contributed by atoms with Crippen LogP contribution in [0.4, 0.5) is 5.13 Å². The average Bonchev–Trinajstić information content (AvgIpc) is 3.20. The lowest BCUT2D eigenvalue weighted by Gasteiger charge is -1.98. The van der Waals surface area contributed by atoms with Crippen LogP contribution < -0.4 is 11.1 Å². The third-order valence-corrected chi connectivity index (χ3v) is 5.05. The second kappa shape index (κ2) is 9.00. The number of amides is 1. The Morgan fingerprint density at radius 3 is 2.68 bits per heavy atom. The van der Waals surface area contributed by atoms with E-state index in [4.69, 9.17) is 5.73 Å². The zero-order chi connectivity index (χ0) is 16.9. The van der Waals surface area contributed by atoms with Crippen LogP contribution in [0.25, 0.3) is 0 Å². The molecule has 0 aliphatic heterocycles. The van der Waals surface area contributed by atoms with Crippen LogP contribution in [-0.4, -0.2) is 27.6 Å². The van der Waals surface area contributed by atoms with E-state index in [9.17, 15) is 4.79 Å². The SMILES string of the molecule is Cc1ccc(Cc2nnc(NC(=O)c3csc(CCN)n3)s2)cc1.Cl. The number of hydrogen-bond acceptors (Lipinski definition) is 7. The minimum absolute atomic E-state index is 0. The zero-order valence-electron chi connectivity index (χ0n) is 13.6. The van der Waals surface area contributed by atoms with Crippen LogP contribution >= 0.6 is 35.1 Å². The van der Waals surface area contributed by atoms with Crippen molar-refractivity contribution in [1.82, 2.24) is 15.2 Å². The largest absolute Gasteiger partial charge is 0.330 e. The number of nitrogens with zero attached hydrogens (tertiary/aromatic N) is 3. The second-order valence-corrected chi connectivity index (χ2v) is 7.29. The summed E-state index contributed by atoms with van der Waals surface area (Å²) in [6.07, 6.45) is 1.38. The Kier molecular flexibility index (Phi) is 7.01. The van der Waals surface area contributed by atoms with Gasteiger partial charge in [0, 0.05) is 18.2 Å². The van der Waals surface area contributed by atoms with Crippen molar-refractivity contribution in [2.24, 2.45) is 5.73 Å². The van der Waals surface area contributed by atoms with Gasteiger partial charge in [-0.15, -0.1) is 33.9 Å². The highest BCUT2D eigenvalue weighted by atomic mass is 35.5. The summed E-state index contributed by atoms with van der Waals surface area (Å²) in [6.45, 7) is 2.58. The summed E-state index contributed by atoms with van der Waals surface area (Å²) in [4.78, 5) is 16.4. The Morgan fingerprint density at radius 1 is 1.20 bits per heavy atom. The van der Waals surface area contributed by atoms with Crippen LogP contribution in [0.1, 0.15) is 31.6 Å². The van der Waals surface area contributed by atoms with Crippen LogP contribution in [0.2, 0.25) is 0 Å². The number of nitrogens with two attached hydrogens (primary N) is 1. The standard InChI is InChI=1S/C16H17N5OS2.ClH/c1-10-2-4-11(5-3-10)8-14-20-21-16(24-14)19-15(22)12-9-23-13(18-12)6-7-17;/h2-5,9H,6-8,17H2,1H3,(H,19,21,22);1H. The molecule has 2 aromatic heterocycles. The van der Waals surface area contributed by atoms with Gasteiger partial charge >= 0.3 is 0 Å². The topological polar surface area (TPSA) is 93.8 Å². The van der Waals surface area contributed by atoms with Crippen LogP contribution in [0, 0.1) is 6.92 Å². The predicted octanol–water partition coefficient (Wildman–Crippen LogP) is 3.07. The lowest BCUT2D eigenvalue weighted by atomic mass is 10.1. The highest BCUT2D eigenvalue weighted by molar-refractivity contribution is 7.15. The molecule has 0 fully saturated rings. The van der Waals surface area contributed by atoms with Crippen molar-refractivity contribution in [3.05, 3.63) is 56.5 Å². The summed E-state index contributed by atoms with van der Waals surface area (Å²) in [5.74, 6) is -0.271. The maximum Gasteiger partial charge on any atom is 0.276 e. The number of aromatic nitrogens is 3. The lowest BCUT2D eigenvalue weighted by Crippen LogP contribution is -2.12. The van der Waals surface area contributed by atoms with Gasteiger partial charge in [-0.3, -0.25) is 10.1 Å². The van der Waals surface area contributed by atoms with Crippen molar-refractivity contribution < 1.29 is 4.79 Å². The molecule has 25 heavy (non-hydrogen) atoms. The molecule has 9 heteroatoms. The molecule has 0 spiro atoms. The third kappa shape index (κ3) is 5.30. The van der Waals surface area contributed by atoms with Crippen molar-refractivity contribution >= 4 is 46.1 Å². The highest BCUT2D eigenvalue weighted by Crippen LogP contribution is 2.20. The molecule has 0 bridgehead atoms. The van der Waals surface area contributed by atoms with Crippen molar-refractivity contribution in [3.8, 4) is 0 Å². The van der Waals surface area contributed by atoms with Crippen molar-refractivity contribution in [1.29, 1.82) is 0 Å². The third-order valence-electron chi connectivity index (χ3n) is 3.31. The highest BCUT2D eigenvalue weighted by Gasteiger charge is 2.13. The van der Waals surface area contributed by atoms with E-state index in [2.05, 4.69) is 51.7 Å². The molecule has 3 rings (SSSR count). The number of nitrogens with one attached hydrogen (secondary N) is 1. The Balaban J connectivity index is 0.00000225. The van der Waals surface area contributed by atoms with Gasteiger partial charge in [-0.2, -0.15) is 0 Å². The number of benzene rings is 1. The van der Waals surface area contributed by atoms with E-state index in [1.807, 2.05) is 0 Å². The van der Waals surface area contributed by atoms with Crippen LogP contribution in [0.5, 0.6) is 0 Å². The van der Waals surface area contributed by atoms with Gasteiger partial charge in [0.2, 0.25) is 5.13 Å². The number of aryl methyl sites for hydroxylation is 1. The summed E-state index contributed by atoms with van der Waals surface area (Å²) in [6, 6.07) is 8.28. The number of carbonyl (C=O) groups is 1. The maximum atomic E-state index is 12.2. The molecule has 1 amide bonds. The minimum atomic E-state index is -0.271. The molecular formula is C16H18ClN5OS2. The average molecular weight is 396 g/mol.